The molecule has 0 aliphatic heterocycles. The predicted molar refractivity (Wildman–Crippen MR) is 63.4 cm³/mol. The van der Waals surface area contributed by atoms with Crippen LogP contribution in [0.4, 0.5) is 0 Å². The first kappa shape index (κ1) is 10.8. The zero-order chi connectivity index (χ0) is 11.4. The molecule has 2 nitrogen and oxygen atoms in total. The number of Topliss-reactive ketones (excluding diaryl/α,β-unsaturated/α-hetero) is 1. The van der Waals surface area contributed by atoms with Crippen molar-refractivity contribution in [1.29, 1.82) is 0 Å². The number of rotatable bonds is 3. The van der Waals surface area contributed by atoms with Crippen molar-refractivity contribution < 1.29 is 9.59 Å². The van der Waals surface area contributed by atoms with Crippen LogP contribution in [0.5, 0.6) is 0 Å². The van der Waals surface area contributed by atoms with Gasteiger partial charge >= 0.3 is 0 Å². The lowest BCUT2D eigenvalue weighted by molar-refractivity contribution is -0.107. The van der Waals surface area contributed by atoms with Gasteiger partial charge < -0.3 is 4.79 Å². The van der Waals surface area contributed by atoms with E-state index >= 15 is 0 Å². The van der Waals surface area contributed by atoms with Crippen molar-refractivity contribution in [3.63, 3.8) is 0 Å². The van der Waals surface area contributed by atoms with E-state index in [1.54, 1.807) is 0 Å². The molecule has 1 aliphatic rings. The fraction of sp³-hybridized carbons (Fsp3) is 0.286. The number of allylic oxidation sites excluding steroid dienone is 1. The third-order valence-corrected chi connectivity index (χ3v) is 2.83. The lowest BCUT2D eigenvalue weighted by Crippen LogP contribution is -2.10. The molecule has 0 radical (unpaired) electrons. The van der Waals surface area contributed by atoms with Crippen molar-refractivity contribution in [2.75, 3.05) is 0 Å². The Morgan fingerprint density at radius 2 is 2.12 bits per heavy atom. The molecule has 0 unspecified atom stereocenters. The lowest BCUT2D eigenvalue weighted by Gasteiger charge is -2.14. The van der Waals surface area contributed by atoms with Crippen molar-refractivity contribution in [3.05, 3.63) is 41.0 Å². The zero-order valence-corrected chi connectivity index (χ0v) is 9.11. The van der Waals surface area contributed by atoms with Crippen LogP contribution in [0.25, 0.3) is 6.08 Å². The van der Waals surface area contributed by atoms with Crippen LogP contribution < -0.4 is 0 Å². The third-order valence-electron chi connectivity index (χ3n) is 2.83. The maximum Gasteiger partial charge on any atom is 0.163 e. The van der Waals surface area contributed by atoms with Crippen molar-refractivity contribution in [1.82, 2.24) is 0 Å². The molecule has 0 fully saturated rings. The summed E-state index contributed by atoms with van der Waals surface area (Å²) in [5, 5.41) is 0. The van der Waals surface area contributed by atoms with Gasteiger partial charge in [0, 0.05) is 18.4 Å². The van der Waals surface area contributed by atoms with Gasteiger partial charge in [0.2, 0.25) is 0 Å². The van der Waals surface area contributed by atoms with Gasteiger partial charge in [-0.25, -0.2) is 0 Å². The Balaban J connectivity index is 2.27. The first-order valence-corrected chi connectivity index (χ1v) is 5.57. The Morgan fingerprint density at radius 3 is 2.94 bits per heavy atom. The van der Waals surface area contributed by atoms with Crippen molar-refractivity contribution in [2.24, 2.45) is 0 Å². The molecule has 1 aromatic rings. The number of ketones is 1. The molecule has 1 aromatic carbocycles. The lowest BCUT2D eigenvalue weighted by atomic mass is 9.89. The van der Waals surface area contributed by atoms with Gasteiger partial charge in [0.05, 0.1) is 0 Å². The highest BCUT2D eigenvalue weighted by atomic mass is 16.1. The summed E-state index contributed by atoms with van der Waals surface area (Å²) in [6.45, 7) is 0. The fourth-order valence-electron chi connectivity index (χ4n) is 2.01. The molecule has 0 spiro atoms. The van der Waals surface area contributed by atoms with Gasteiger partial charge in [0.25, 0.3) is 0 Å². The molecular formula is C14H14O2. The molecule has 0 aromatic heterocycles. The highest BCUT2D eigenvalue weighted by Crippen LogP contribution is 2.22. The third kappa shape index (κ3) is 2.27. The van der Waals surface area contributed by atoms with Gasteiger partial charge in [-0.1, -0.05) is 24.3 Å². The summed E-state index contributed by atoms with van der Waals surface area (Å²) < 4.78 is 0. The van der Waals surface area contributed by atoms with E-state index in [0.29, 0.717) is 12.8 Å². The number of benzene rings is 1. The van der Waals surface area contributed by atoms with E-state index < -0.39 is 0 Å². The minimum atomic E-state index is 0.242. The van der Waals surface area contributed by atoms with Gasteiger partial charge in [0.15, 0.2) is 5.78 Å². The van der Waals surface area contributed by atoms with E-state index in [9.17, 15) is 9.59 Å². The van der Waals surface area contributed by atoms with Crippen LogP contribution in [0.2, 0.25) is 0 Å². The summed E-state index contributed by atoms with van der Waals surface area (Å²) in [7, 11) is 0. The summed E-state index contributed by atoms with van der Waals surface area (Å²) in [6.07, 6.45) is 7.60. The van der Waals surface area contributed by atoms with Gasteiger partial charge in [-0.3, -0.25) is 4.79 Å². The molecule has 0 amide bonds. The SMILES string of the molecule is O=CCC=Cc1ccc2c(c1)C(=O)CCC2. The molecule has 82 valence electrons. The van der Waals surface area contributed by atoms with E-state index in [1.807, 2.05) is 30.4 Å². The molecule has 1 aliphatic carbocycles. The summed E-state index contributed by atoms with van der Waals surface area (Å²) >= 11 is 0. The average Bonchev–Trinajstić information content (AvgIpc) is 2.30. The second kappa shape index (κ2) is 4.88. The largest absolute Gasteiger partial charge is 0.303 e. The number of hydrogen-bond donors (Lipinski definition) is 0. The van der Waals surface area contributed by atoms with Crippen LogP contribution in [0, 0.1) is 0 Å². The molecule has 0 N–H and O–H groups in total. The highest BCUT2D eigenvalue weighted by Gasteiger charge is 2.16. The van der Waals surface area contributed by atoms with E-state index in [-0.39, 0.29) is 5.78 Å². The van der Waals surface area contributed by atoms with Gasteiger partial charge in [-0.15, -0.1) is 0 Å². The van der Waals surface area contributed by atoms with Crippen LogP contribution in [-0.2, 0) is 11.2 Å². The molecule has 0 atom stereocenters. The van der Waals surface area contributed by atoms with E-state index in [4.69, 9.17) is 0 Å². The minimum Gasteiger partial charge on any atom is -0.303 e. The Morgan fingerprint density at radius 1 is 1.25 bits per heavy atom. The number of carbonyl (C=O) groups is 2. The van der Waals surface area contributed by atoms with Crippen LogP contribution in [-0.4, -0.2) is 12.1 Å². The zero-order valence-electron chi connectivity index (χ0n) is 9.11. The molecule has 2 heteroatoms. The normalized spacial score (nSPS) is 15.1. The van der Waals surface area contributed by atoms with Gasteiger partial charge in [-0.05, 0) is 30.0 Å². The summed E-state index contributed by atoms with van der Waals surface area (Å²) in [6, 6.07) is 5.95. The second-order valence-corrected chi connectivity index (χ2v) is 4.00. The number of aldehydes is 1. The summed E-state index contributed by atoms with van der Waals surface area (Å²) in [5.74, 6) is 0.242. The maximum atomic E-state index is 11.7. The number of hydrogen-bond acceptors (Lipinski definition) is 2. The minimum absolute atomic E-state index is 0.242. The molecule has 2 rings (SSSR count). The Bertz CT molecular complexity index is 444. The second-order valence-electron chi connectivity index (χ2n) is 4.00. The number of carbonyl (C=O) groups excluding carboxylic acids is 2. The first-order chi connectivity index (χ1) is 7.81. The molecule has 0 bridgehead atoms. The van der Waals surface area contributed by atoms with Crippen molar-refractivity contribution in [2.45, 2.75) is 25.7 Å². The topological polar surface area (TPSA) is 34.1 Å². The van der Waals surface area contributed by atoms with Crippen molar-refractivity contribution >= 4 is 18.1 Å². The Kier molecular flexibility index (Phi) is 3.30. The van der Waals surface area contributed by atoms with Crippen LogP contribution >= 0.6 is 0 Å². The monoisotopic (exact) mass is 214 g/mol. The van der Waals surface area contributed by atoms with E-state index in [0.717, 1.165) is 35.8 Å². The summed E-state index contributed by atoms with van der Waals surface area (Å²) in [5.41, 5.74) is 3.01. The quantitative estimate of drug-likeness (QED) is 0.725. The molecule has 0 saturated carbocycles. The van der Waals surface area contributed by atoms with E-state index in [2.05, 4.69) is 0 Å². The summed E-state index contributed by atoms with van der Waals surface area (Å²) in [4.78, 5) is 21.9. The van der Waals surface area contributed by atoms with Crippen LogP contribution in [0.1, 0.15) is 40.7 Å². The Labute approximate surface area is 95.0 Å². The molecule has 0 saturated heterocycles. The predicted octanol–water partition coefficient (Wildman–Crippen LogP) is 2.81. The van der Waals surface area contributed by atoms with E-state index in [1.165, 1.54) is 0 Å². The van der Waals surface area contributed by atoms with Crippen LogP contribution in [0.3, 0.4) is 0 Å². The standard InChI is InChI=1S/C14H14O2/c15-9-2-1-4-11-7-8-12-5-3-6-14(16)13(12)10-11/h1,4,7-10H,2-3,5-6H2. The van der Waals surface area contributed by atoms with Gasteiger partial charge in [-0.2, -0.15) is 0 Å². The first-order valence-electron chi connectivity index (χ1n) is 5.57. The van der Waals surface area contributed by atoms with Crippen LogP contribution in [0.15, 0.2) is 24.3 Å². The smallest absolute Gasteiger partial charge is 0.163 e. The highest BCUT2D eigenvalue weighted by molar-refractivity contribution is 5.98. The van der Waals surface area contributed by atoms with Crippen molar-refractivity contribution in [3.8, 4) is 0 Å². The fourth-order valence-corrected chi connectivity index (χ4v) is 2.01. The molecule has 0 heterocycles. The average molecular weight is 214 g/mol. The number of aryl methyl sites for hydroxylation is 1. The maximum absolute atomic E-state index is 11.7. The number of fused-ring (bicyclic) bond motifs is 1. The molecule has 16 heavy (non-hydrogen) atoms. The molecular weight excluding hydrogens is 200 g/mol. The Hall–Kier alpha value is -1.70. The van der Waals surface area contributed by atoms with Gasteiger partial charge in [0.1, 0.15) is 6.29 Å².